The molecule has 2 rings (SSSR count). The Labute approximate surface area is 109 Å². The molecule has 1 atom stereocenters. The van der Waals surface area contributed by atoms with Gasteiger partial charge in [0.2, 0.25) is 0 Å². The van der Waals surface area contributed by atoms with E-state index in [2.05, 4.69) is 42.6 Å². The highest BCUT2D eigenvalue weighted by atomic mass is 16.5. The Morgan fingerprint density at radius 3 is 2.33 bits per heavy atom. The zero-order valence-corrected chi connectivity index (χ0v) is 10.9. The van der Waals surface area contributed by atoms with Crippen molar-refractivity contribution in [2.75, 3.05) is 13.7 Å². The smallest absolute Gasteiger partial charge is 0.123 e. The first-order valence-corrected chi connectivity index (χ1v) is 6.28. The number of para-hydroxylation sites is 1. The highest BCUT2D eigenvalue weighted by Gasteiger charge is 2.16. The number of nitrogens with one attached hydrogen (secondary N) is 1. The third-order valence-electron chi connectivity index (χ3n) is 2.99. The van der Waals surface area contributed by atoms with Crippen LogP contribution in [0.25, 0.3) is 0 Å². The summed E-state index contributed by atoms with van der Waals surface area (Å²) in [5.74, 6) is 0.923. The van der Waals surface area contributed by atoms with E-state index < -0.39 is 0 Å². The quantitative estimate of drug-likeness (QED) is 0.866. The average molecular weight is 241 g/mol. The molecule has 0 saturated heterocycles. The Bertz CT molecular complexity index is 481. The van der Waals surface area contributed by atoms with Crippen LogP contribution in [0.3, 0.4) is 0 Å². The van der Waals surface area contributed by atoms with Crippen LogP contribution in [0.15, 0.2) is 54.6 Å². The number of benzene rings is 2. The van der Waals surface area contributed by atoms with Gasteiger partial charge >= 0.3 is 0 Å². The summed E-state index contributed by atoms with van der Waals surface area (Å²) in [6.07, 6.45) is 0. The standard InChI is InChI=1S/C16H19NO/c1-3-17-16(13-9-5-4-6-10-13)14-11-7-8-12-15(14)18-2/h4-12,16-17H,3H2,1-2H3. The van der Waals surface area contributed by atoms with Crippen LogP contribution in [-0.2, 0) is 0 Å². The molecule has 0 spiro atoms. The molecule has 0 saturated carbocycles. The minimum absolute atomic E-state index is 0.173. The zero-order valence-electron chi connectivity index (χ0n) is 10.9. The Morgan fingerprint density at radius 1 is 1.00 bits per heavy atom. The molecule has 0 aliphatic carbocycles. The Morgan fingerprint density at radius 2 is 1.67 bits per heavy atom. The zero-order chi connectivity index (χ0) is 12.8. The van der Waals surface area contributed by atoms with Crippen LogP contribution < -0.4 is 10.1 Å². The Balaban J connectivity index is 2.41. The first kappa shape index (κ1) is 12.7. The summed E-state index contributed by atoms with van der Waals surface area (Å²) in [7, 11) is 1.72. The van der Waals surface area contributed by atoms with Crippen molar-refractivity contribution >= 4 is 0 Å². The molecule has 1 unspecified atom stereocenters. The third kappa shape index (κ3) is 2.71. The molecule has 2 heteroatoms. The van der Waals surface area contributed by atoms with Gasteiger partial charge in [-0.1, -0.05) is 55.5 Å². The number of hydrogen-bond donors (Lipinski definition) is 1. The van der Waals surface area contributed by atoms with Gasteiger partial charge in [0, 0.05) is 5.56 Å². The fourth-order valence-corrected chi connectivity index (χ4v) is 2.16. The molecule has 2 aromatic rings. The number of hydrogen-bond acceptors (Lipinski definition) is 2. The van der Waals surface area contributed by atoms with Gasteiger partial charge in [-0.05, 0) is 18.2 Å². The van der Waals surface area contributed by atoms with Gasteiger partial charge in [0.05, 0.1) is 13.2 Å². The van der Waals surface area contributed by atoms with E-state index in [0.29, 0.717) is 0 Å². The van der Waals surface area contributed by atoms with E-state index in [1.807, 2.05) is 24.3 Å². The van der Waals surface area contributed by atoms with Crippen LogP contribution in [0, 0.1) is 0 Å². The van der Waals surface area contributed by atoms with Gasteiger partial charge in [0.15, 0.2) is 0 Å². The van der Waals surface area contributed by atoms with E-state index in [4.69, 9.17) is 4.74 Å². The second-order valence-corrected chi connectivity index (χ2v) is 4.14. The van der Waals surface area contributed by atoms with Gasteiger partial charge in [-0.25, -0.2) is 0 Å². The molecule has 0 aliphatic heterocycles. The molecular weight excluding hydrogens is 222 g/mol. The lowest BCUT2D eigenvalue weighted by atomic mass is 9.98. The van der Waals surface area contributed by atoms with Crippen LogP contribution in [0.4, 0.5) is 0 Å². The maximum atomic E-state index is 5.45. The van der Waals surface area contributed by atoms with E-state index in [0.717, 1.165) is 12.3 Å². The largest absolute Gasteiger partial charge is 0.496 e. The van der Waals surface area contributed by atoms with Crippen LogP contribution in [0.1, 0.15) is 24.1 Å². The predicted molar refractivity (Wildman–Crippen MR) is 75.0 cm³/mol. The van der Waals surface area contributed by atoms with E-state index in [-0.39, 0.29) is 6.04 Å². The van der Waals surface area contributed by atoms with Crippen molar-refractivity contribution in [1.82, 2.24) is 5.32 Å². The van der Waals surface area contributed by atoms with Crippen molar-refractivity contribution in [2.45, 2.75) is 13.0 Å². The lowest BCUT2D eigenvalue weighted by Gasteiger charge is -2.21. The van der Waals surface area contributed by atoms with Gasteiger partial charge in [-0.2, -0.15) is 0 Å². The third-order valence-corrected chi connectivity index (χ3v) is 2.99. The van der Waals surface area contributed by atoms with Gasteiger partial charge in [0.1, 0.15) is 5.75 Å². The predicted octanol–water partition coefficient (Wildman–Crippen LogP) is 3.39. The SMILES string of the molecule is CCNC(c1ccccc1)c1ccccc1OC. The molecule has 18 heavy (non-hydrogen) atoms. The summed E-state index contributed by atoms with van der Waals surface area (Å²) in [6, 6.07) is 18.8. The molecule has 2 nitrogen and oxygen atoms in total. The average Bonchev–Trinajstić information content (AvgIpc) is 2.46. The van der Waals surface area contributed by atoms with Crippen molar-refractivity contribution in [2.24, 2.45) is 0 Å². The molecule has 0 heterocycles. The Kier molecular flexibility index (Phi) is 4.37. The van der Waals surface area contributed by atoms with Crippen molar-refractivity contribution in [1.29, 1.82) is 0 Å². The van der Waals surface area contributed by atoms with Crippen LogP contribution in [-0.4, -0.2) is 13.7 Å². The van der Waals surface area contributed by atoms with E-state index in [1.54, 1.807) is 7.11 Å². The molecule has 94 valence electrons. The lowest BCUT2D eigenvalue weighted by molar-refractivity contribution is 0.404. The van der Waals surface area contributed by atoms with Crippen molar-refractivity contribution < 1.29 is 4.74 Å². The molecule has 2 aromatic carbocycles. The molecule has 0 aliphatic rings. The Hall–Kier alpha value is -1.80. The summed E-state index contributed by atoms with van der Waals surface area (Å²) >= 11 is 0. The normalized spacial score (nSPS) is 12.1. The minimum Gasteiger partial charge on any atom is -0.496 e. The fourth-order valence-electron chi connectivity index (χ4n) is 2.16. The van der Waals surface area contributed by atoms with Gasteiger partial charge in [0.25, 0.3) is 0 Å². The molecule has 0 radical (unpaired) electrons. The molecular formula is C16H19NO. The highest BCUT2D eigenvalue weighted by Crippen LogP contribution is 2.29. The van der Waals surface area contributed by atoms with Gasteiger partial charge in [-0.3, -0.25) is 0 Å². The summed E-state index contributed by atoms with van der Waals surface area (Å²) in [4.78, 5) is 0. The van der Waals surface area contributed by atoms with Crippen molar-refractivity contribution in [3.63, 3.8) is 0 Å². The topological polar surface area (TPSA) is 21.3 Å². The maximum absolute atomic E-state index is 5.45. The lowest BCUT2D eigenvalue weighted by Crippen LogP contribution is -2.22. The number of ether oxygens (including phenoxy) is 1. The fraction of sp³-hybridized carbons (Fsp3) is 0.250. The van der Waals surface area contributed by atoms with Crippen molar-refractivity contribution in [3.05, 3.63) is 65.7 Å². The molecule has 0 amide bonds. The summed E-state index contributed by atoms with van der Waals surface area (Å²) < 4.78 is 5.45. The first-order chi connectivity index (χ1) is 8.86. The summed E-state index contributed by atoms with van der Waals surface area (Å²) in [5, 5.41) is 3.51. The second kappa shape index (κ2) is 6.22. The summed E-state index contributed by atoms with van der Waals surface area (Å²) in [6.45, 7) is 3.03. The molecule has 0 fully saturated rings. The van der Waals surface area contributed by atoms with Crippen LogP contribution in [0.5, 0.6) is 5.75 Å². The molecule has 0 aromatic heterocycles. The second-order valence-electron chi connectivity index (χ2n) is 4.14. The van der Waals surface area contributed by atoms with Gasteiger partial charge < -0.3 is 10.1 Å². The maximum Gasteiger partial charge on any atom is 0.123 e. The van der Waals surface area contributed by atoms with Crippen LogP contribution >= 0.6 is 0 Å². The summed E-state index contributed by atoms with van der Waals surface area (Å²) in [5.41, 5.74) is 2.43. The van der Waals surface area contributed by atoms with Crippen LogP contribution in [0.2, 0.25) is 0 Å². The highest BCUT2D eigenvalue weighted by molar-refractivity contribution is 5.41. The number of methoxy groups -OCH3 is 1. The van der Waals surface area contributed by atoms with E-state index >= 15 is 0 Å². The minimum atomic E-state index is 0.173. The number of rotatable bonds is 5. The first-order valence-electron chi connectivity index (χ1n) is 6.28. The molecule has 1 N–H and O–H groups in total. The van der Waals surface area contributed by atoms with Gasteiger partial charge in [-0.15, -0.1) is 0 Å². The monoisotopic (exact) mass is 241 g/mol. The van der Waals surface area contributed by atoms with E-state index in [9.17, 15) is 0 Å². The molecule has 0 bridgehead atoms. The van der Waals surface area contributed by atoms with E-state index in [1.165, 1.54) is 11.1 Å². The van der Waals surface area contributed by atoms with Crippen molar-refractivity contribution in [3.8, 4) is 5.75 Å².